The molecule has 2 aromatic rings. The van der Waals surface area contributed by atoms with E-state index in [4.69, 9.17) is 30.9 Å². The summed E-state index contributed by atoms with van der Waals surface area (Å²) in [7, 11) is 2.82. The van der Waals surface area contributed by atoms with Crippen LogP contribution in [0.5, 0.6) is 17.2 Å². The fourth-order valence-electron chi connectivity index (χ4n) is 2.38. The molecule has 2 aromatic carbocycles. The Bertz CT molecular complexity index is 1050. The molecule has 2 rings (SSSR count). The number of methoxy groups -OCH3 is 2. The number of carboxylic acids is 1. The first-order valence-electron chi connectivity index (χ1n) is 8.27. The third-order valence-electron chi connectivity index (χ3n) is 3.68. The van der Waals surface area contributed by atoms with Gasteiger partial charge in [-0.2, -0.15) is 5.26 Å². The maximum absolute atomic E-state index is 12.6. The van der Waals surface area contributed by atoms with Gasteiger partial charge in [-0.3, -0.25) is 4.79 Å². The number of nitrogens with zero attached hydrogens (tertiary/aromatic N) is 1. The van der Waals surface area contributed by atoms with Crippen molar-refractivity contribution in [3.05, 3.63) is 51.0 Å². The highest BCUT2D eigenvalue weighted by Gasteiger charge is 2.16. The molecule has 0 radical (unpaired) electrons. The molecule has 0 aliphatic rings. The third kappa shape index (κ3) is 5.89. The molecule has 30 heavy (non-hydrogen) atoms. The van der Waals surface area contributed by atoms with E-state index in [2.05, 4.69) is 21.2 Å². The Morgan fingerprint density at radius 1 is 1.23 bits per heavy atom. The molecule has 0 aliphatic carbocycles. The molecule has 2 N–H and O–H groups in total. The molecule has 8 nitrogen and oxygen atoms in total. The van der Waals surface area contributed by atoms with Crippen LogP contribution < -0.4 is 19.5 Å². The van der Waals surface area contributed by atoms with E-state index in [1.165, 1.54) is 32.4 Å². The average molecular weight is 496 g/mol. The van der Waals surface area contributed by atoms with Crippen molar-refractivity contribution in [3.8, 4) is 23.3 Å². The van der Waals surface area contributed by atoms with Crippen LogP contribution in [0.2, 0.25) is 5.02 Å². The van der Waals surface area contributed by atoms with E-state index in [-0.39, 0.29) is 17.1 Å². The molecule has 10 heteroatoms. The zero-order valence-electron chi connectivity index (χ0n) is 15.9. The number of rotatable bonds is 8. The summed E-state index contributed by atoms with van der Waals surface area (Å²) in [6.45, 7) is -0.558. The van der Waals surface area contributed by atoms with Crippen LogP contribution >= 0.6 is 27.5 Å². The molecule has 0 spiro atoms. The second-order valence-electron chi connectivity index (χ2n) is 5.69. The summed E-state index contributed by atoms with van der Waals surface area (Å²) in [5, 5.41) is 21.2. The maximum atomic E-state index is 12.6. The van der Waals surface area contributed by atoms with Gasteiger partial charge in [-0.25, -0.2) is 4.79 Å². The van der Waals surface area contributed by atoms with Crippen molar-refractivity contribution in [2.75, 3.05) is 26.1 Å². The van der Waals surface area contributed by atoms with Gasteiger partial charge < -0.3 is 24.6 Å². The second-order valence-corrected chi connectivity index (χ2v) is 6.98. The van der Waals surface area contributed by atoms with E-state index in [9.17, 15) is 14.9 Å². The number of carboxylic acid groups (broad SMARTS) is 1. The van der Waals surface area contributed by atoms with Gasteiger partial charge >= 0.3 is 5.97 Å². The highest BCUT2D eigenvalue weighted by molar-refractivity contribution is 9.10. The van der Waals surface area contributed by atoms with Crippen molar-refractivity contribution in [1.82, 2.24) is 0 Å². The number of carbonyl (C=O) groups is 2. The quantitative estimate of drug-likeness (QED) is 0.417. The Labute approximate surface area is 185 Å². The van der Waals surface area contributed by atoms with Crippen LogP contribution in [0.4, 0.5) is 5.69 Å². The monoisotopic (exact) mass is 494 g/mol. The molecule has 0 aliphatic heterocycles. The van der Waals surface area contributed by atoms with Crippen molar-refractivity contribution in [1.29, 1.82) is 5.26 Å². The topological polar surface area (TPSA) is 118 Å². The van der Waals surface area contributed by atoms with Gasteiger partial charge in [0.1, 0.15) is 17.4 Å². The number of halogens is 2. The van der Waals surface area contributed by atoms with E-state index >= 15 is 0 Å². The summed E-state index contributed by atoms with van der Waals surface area (Å²) in [4.78, 5) is 23.3. The van der Waals surface area contributed by atoms with Crippen LogP contribution in [-0.2, 0) is 9.59 Å². The van der Waals surface area contributed by atoms with Crippen molar-refractivity contribution in [3.63, 3.8) is 0 Å². The number of hydrogen-bond acceptors (Lipinski definition) is 6. The van der Waals surface area contributed by atoms with Crippen molar-refractivity contribution < 1.29 is 28.9 Å². The standard InChI is InChI=1S/C20H16BrClN2O6/c1-28-16-4-3-13(22)8-15(16)24-20(27)12(9-23)5-11-6-14(21)19(17(7-11)29-2)30-10-18(25)26/h3-8H,10H2,1-2H3,(H,24,27)(H,25,26)/b12-5+. The Morgan fingerprint density at radius 2 is 1.93 bits per heavy atom. The largest absolute Gasteiger partial charge is 0.495 e. The van der Waals surface area contributed by atoms with Crippen LogP contribution in [0.3, 0.4) is 0 Å². The van der Waals surface area contributed by atoms with Crippen LogP contribution in [-0.4, -0.2) is 37.8 Å². The van der Waals surface area contributed by atoms with E-state index in [0.29, 0.717) is 26.5 Å². The number of anilines is 1. The summed E-state index contributed by atoms with van der Waals surface area (Å²) in [5.74, 6) is -1.02. The normalized spacial score (nSPS) is 10.7. The smallest absolute Gasteiger partial charge is 0.341 e. The highest BCUT2D eigenvalue weighted by atomic mass is 79.9. The molecular weight excluding hydrogens is 480 g/mol. The Balaban J connectivity index is 2.34. The van der Waals surface area contributed by atoms with Crippen LogP contribution in [0.1, 0.15) is 5.56 Å². The summed E-state index contributed by atoms with van der Waals surface area (Å²) < 4.78 is 16.0. The van der Waals surface area contributed by atoms with Crippen molar-refractivity contribution in [2.45, 2.75) is 0 Å². The fourth-order valence-corrected chi connectivity index (χ4v) is 3.13. The highest BCUT2D eigenvalue weighted by Crippen LogP contribution is 2.37. The molecule has 1 amide bonds. The number of nitrogens with one attached hydrogen (secondary N) is 1. The zero-order valence-corrected chi connectivity index (χ0v) is 18.2. The van der Waals surface area contributed by atoms with Crippen LogP contribution in [0, 0.1) is 11.3 Å². The molecule has 0 fully saturated rings. The minimum Gasteiger partial charge on any atom is -0.495 e. The van der Waals surface area contributed by atoms with Gasteiger partial charge in [-0.1, -0.05) is 11.6 Å². The van der Waals surface area contributed by atoms with Gasteiger partial charge in [-0.15, -0.1) is 0 Å². The number of amides is 1. The van der Waals surface area contributed by atoms with Gasteiger partial charge in [0.25, 0.3) is 5.91 Å². The zero-order chi connectivity index (χ0) is 22.3. The lowest BCUT2D eigenvalue weighted by atomic mass is 10.1. The number of ether oxygens (including phenoxy) is 3. The van der Waals surface area contributed by atoms with Gasteiger partial charge in [-0.05, 0) is 57.9 Å². The minimum atomic E-state index is -1.15. The summed E-state index contributed by atoms with van der Waals surface area (Å²) in [5.41, 5.74) is 0.573. The number of carbonyl (C=O) groups excluding carboxylic acids is 1. The average Bonchev–Trinajstić information content (AvgIpc) is 2.70. The number of benzene rings is 2. The first-order valence-corrected chi connectivity index (χ1v) is 9.45. The van der Waals surface area contributed by atoms with Crippen molar-refractivity contribution >= 4 is 51.2 Å². The Morgan fingerprint density at radius 3 is 2.53 bits per heavy atom. The van der Waals surface area contributed by atoms with E-state index < -0.39 is 18.5 Å². The fraction of sp³-hybridized carbons (Fsp3) is 0.150. The maximum Gasteiger partial charge on any atom is 0.341 e. The molecule has 0 atom stereocenters. The first-order chi connectivity index (χ1) is 14.3. The third-order valence-corrected chi connectivity index (χ3v) is 4.50. The minimum absolute atomic E-state index is 0.184. The summed E-state index contributed by atoms with van der Waals surface area (Å²) >= 11 is 9.23. The molecule has 0 saturated heterocycles. The number of aliphatic carboxylic acids is 1. The van der Waals surface area contributed by atoms with Gasteiger partial charge in [0.05, 0.1) is 24.4 Å². The van der Waals surface area contributed by atoms with Gasteiger partial charge in [0, 0.05) is 5.02 Å². The Hall–Kier alpha value is -3.22. The van der Waals surface area contributed by atoms with Crippen molar-refractivity contribution in [2.24, 2.45) is 0 Å². The van der Waals surface area contributed by atoms with Gasteiger partial charge in [0.2, 0.25) is 0 Å². The van der Waals surface area contributed by atoms with E-state index in [1.807, 2.05) is 6.07 Å². The Kier molecular flexibility index (Phi) is 8.09. The molecule has 156 valence electrons. The second kappa shape index (κ2) is 10.5. The number of nitriles is 1. The van der Waals surface area contributed by atoms with Gasteiger partial charge in [0.15, 0.2) is 18.1 Å². The predicted octanol–water partition coefficient (Wildman–Crippen LogP) is 4.13. The van der Waals surface area contributed by atoms with E-state index in [0.717, 1.165) is 0 Å². The number of hydrogen-bond donors (Lipinski definition) is 2. The SMILES string of the molecule is COc1ccc(Cl)cc1NC(=O)/C(C#N)=C/c1cc(Br)c(OCC(=O)O)c(OC)c1. The molecule has 0 bridgehead atoms. The lowest BCUT2D eigenvalue weighted by Crippen LogP contribution is -2.14. The first kappa shape index (κ1) is 23.1. The summed E-state index contributed by atoms with van der Waals surface area (Å²) in [6, 6.07) is 9.61. The van der Waals surface area contributed by atoms with Crippen LogP contribution in [0.25, 0.3) is 6.08 Å². The lowest BCUT2D eigenvalue weighted by molar-refractivity contribution is -0.139. The summed E-state index contributed by atoms with van der Waals surface area (Å²) in [6.07, 6.45) is 1.35. The predicted molar refractivity (Wildman–Crippen MR) is 114 cm³/mol. The lowest BCUT2D eigenvalue weighted by Gasteiger charge is -2.13. The molecule has 0 unspecified atom stereocenters. The van der Waals surface area contributed by atoms with Crippen LogP contribution in [0.15, 0.2) is 40.4 Å². The molecular formula is C20H16BrClN2O6. The van der Waals surface area contributed by atoms with E-state index in [1.54, 1.807) is 18.2 Å². The molecule has 0 aromatic heterocycles. The molecule has 0 saturated carbocycles. The molecule has 0 heterocycles.